The molecule has 0 aliphatic rings. The van der Waals surface area contributed by atoms with E-state index < -0.39 is 24.1 Å². The Bertz CT molecular complexity index is 473. The second kappa shape index (κ2) is 5.94. The molecular weight excluding hydrogens is 308 g/mol. The third-order valence-corrected chi connectivity index (χ3v) is 2.80. The molecule has 1 aromatic carbocycles. The lowest BCUT2D eigenvalue weighted by Crippen LogP contribution is -2.30. The highest BCUT2D eigenvalue weighted by Gasteiger charge is 2.29. The maximum atomic E-state index is 11.1. The number of esters is 1. The van der Waals surface area contributed by atoms with Gasteiger partial charge in [0, 0.05) is 4.47 Å². The zero-order valence-electron chi connectivity index (χ0n) is 9.33. The van der Waals surface area contributed by atoms with Crippen molar-refractivity contribution in [3.05, 3.63) is 33.8 Å². The smallest absolute Gasteiger partial charge is 0.337 e. The predicted molar refractivity (Wildman–Crippen MR) is 64.1 cm³/mol. The fraction of sp³-hybridized carbons (Fsp3) is 0.273. The van der Waals surface area contributed by atoms with Crippen molar-refractivity contribution in [1.82, 2.24) is 0 Å². The number of ether oxygens (including phenoxy) is 1. The average Bonchev–Trinajstić information content (AvgIpc) is 2.35. The van der Waals surface area contributed by atoms with E-state index in [0.29, 0.717) is 4.47 Å². The largest absolute Gasteiger partial charge is 0.478 e. The van der Waals surface area contributed by atoms with Crippen molar-refractivity contribution >= 4 is 27.9 Å². The molecule has 0 aliphatic carbocycles. The summed E-state index contributed by atoms with van der Waals surface area (Å²) in [4.78, 5) is 22.1. The number of benzene rings is 1. The van der Waals surface area contributed by atoms with E-state index in [4.69, 9.17) is 5.11 Å². The van der Waals surface area contributed by atoms with Gasteiger partial charge in [0.1, 0.15) is 6.10 Å². The molecule has 3 N–H and O–H groups in total. The molecule has 0 saturated carbocycles. The van der Waals surface area contributed by atoms with Crippen molar-refractivity contribution in [2.24, 2.45) is 0 Å². The SMILES string of the molecule is COC(=O)C(O)C(O)c1cc(Br)ccc1C(=O)O. The number of aliphatic hydroxyl groups is 2. The van der Waals surface area contributed by atoms with Crippen molar-refractivity contribution in [3.63, 3.8) is 0 Å². The normalized spacial score (nSPS) is 13.8. The van der Waals surface area contributed by atoms with E-state index in [0.717, 1.165) is 7.11 Å². The van der Waals surface area contributed by atoms with E-state index >= 15 is 0 Å². The summed E-state index contributed by atoms with van der Waals surface area (Å²) in [6.07, 6.45) is -3.52. The molecule has 0 aromatic heterocycles. The molecule has 0 amide bonds. The van der Waals surface area contributed by atoms with Crippen LogP contribution in [0.3, 0.4) is 0 Å². The summed E-state index contributed by atoms with van der Waals surface area (Å²) in [5.74, 6) is -2.31. The van der Waals surface area contributed by atoms with Crippen molar-refractivity contribution in [2.45, 2.75) is 12.2 Å². The Labute approximate surface area is 111 Å². The summed E-state index contributed by atoms with van der Waals surface area (Å²) in [5.41, 5.74) is -0.275. The molecule has 98 valence electrons. The van der Waals surface area contributed by atoms with Gasteiger partial charge >= 0.3 is 11.9 Å². The number of carbonyl (C=O) groups excluding carboxylic acids is 1. The van der Waals surface area contributed by atoms with Gasteiger partial charge in [-0.1, -0.05) is 15.9 Å². The van der Waals surface area contributed by atoms with E-state index in [-0.39, 0.29) is 11.1 Å². The Kier molecular flexibility index (Phi) is 4.83. The molecule has 0 radical (unpaired) electrons. The van der Waals surface area contributed by atoms with Gasteiger partial charge < -0.3 is 20.1 Å². The van der Waals surface area contributed by atoms with Crippen LogP contribution in [-0.2, 0) is 9.53 Å². The molecule has 2 unspecified atom stereocenters. The summed E-state index contributed by atoms with van der Waals surface area (Å²) in [7, 11) is 1.05. The molecule has 1 aromatic rings. The van der Waals surface area contributed by atoms with Crippen LogP contribution in [-0.4, -0.2) is 40.5 Å². The predicted octanol–water partition coefficient (Wildman–Crippen LogP) is 0.715. The summed E-state index contributed by atoms with van der Waals surface area (Å²) < 4.78 is 4.79. The van der Waals surface area contributed by atoms with Crippen molar-refractivity contribution in [1.29, 1.82) is 0 Å². The third kappa shape index (κ3) is 3.06. The van der Waals surface area contributed by atoms with E-state index in [1.165, 1.54) is 18.2 Å². The van der Waals surface area contributed by atoms with Crippen molar-refractivity contribution in [3.8, 4) is 0 Å². The van der Waals surface area contributed by atoms with E-state index in [9.17, 15) is 19.8 Å². The summed E-state index contributed by atoms with van der Waals surface area (Å²) in [6.45, 7) is 0. The zero-order valence-corrected chi connectivity index (χ0v) is 10.9. The monoisotopic (exact) mass is 318 g/mol. The molecule has 18 heavy (non-hydrogen) atoms. The molecule has 0 spiro atoms. The van der Waals surface area contributed by atoms with Crippen LogP contribution in [0.5, 0.6) is 0 Å². The molecule has 0 heterocycles. The van der Waals surface area contributed by atoms with Gasteiger partial charge in [-0.15, -0.1) is 0 Å². The van der Waals surface area contributed by atoms with E-state index in [2.05, 4.69) is 20.7 Å². The number of hydrogen-bond donors (Lipinski definition) is 3. The van der Waals surface area contributed by atoms with Gasteiger partial charge in [-0.05, 0) is 23.8 Å². The van der Waals surface area contributed by atoms with E-state index in [1.54, 1.807) is 0 Å². The zero-order chi connectivity index (χ0) is 13.9. The minimum absolute atomic E-state index is 0.0743. The Balaban J connectivity index is 3.18. The van der Waals surface area contributed by atoms with Crippen LogP contribution in [0.2, 0.25) is 0 Å². The number of aromatic carboxylic acids is 1. The van der Waals surface area contributed by atoms with Gasteiger partial charge in [-0.25, -0.2) is 9.59 Å². The fourth-order valence-electron chi connectivity index (χ4n) is 1.39. The van der Waals surface area contributed by atoms with Crippen LogP contribution in [0.15, 0.2) is 22.7 Å². The quantitative estimate of drug-likeness (QED) is 0.706. The van der Waals surface area contributed by atoms with Gasteiger partial charge in [-0.3, -0.25) is 0 Å². The number of carboxylic acid groups (broad SMARTS) is 1. The minimum Gasteiger partial charge on any atom is -0.478 e. The van der Waals surface area contributed by atoms with Crippen LogP contribution >= 0.6 is 15.9 Å². The number of halogens is 1. The maximum absolute atomic E-state index is 11.1. The lowest BCUT2D eigenvalue weighted by atomic mass is 9.98. The number of hydrogen-bond acceptors (Lipinski definition) is 5. The molecule has 0 aliphatic heterocycles. The first-order valence-electron chi connectivity index (χ1n) is 4.85. The summed E-state index contributed by atoms with van der Waals surface area (Å²) in [5, 5.41) is 28.3. The average molecular weight is 319 g/mol. The number of carbonyl (C=O) groups is 2. The standard InChI is InChI=1S/C11H11BrO6/c1-18-11(17)9(14)8(13)7-4-5(12)2-3-6(7)10(15)16/h2-4,8-9,13-14H,1H3,(H,15,16). The molecule has 6 nitrogen and oxygen atoms in total. The maximum Gasteiger partial charge on any atom is 0.337 e. The Morgan fingerprint density at radius 2 is 1.94 bits per heavy atom. The first-order chi connectivity index (χ1) is 8.38. The number of methoxy groups -OCH3 is 1. The first-order valence-corrected chi connectivity index (χ1v) is 5.64. The number of rotatable bonds is 4. The van der Waals surface area contributed by atoms with E-state index in [1.807, 2.05) is 0 Å². The number of aliphatic hydroxyl groups excluding tert-OH is 2. The van der Waals surface area contributed by atoms with Gasteiger partial charge in [0.2, 0.25) is 0 Å². The van der Waals surface area contributed by atoms with Gasteiger partial charge in [-0.2, -0.15) is 0 Å². The first kappa shape index (κ1) is 14.6. The summed E-state index contributed by atoms with van der Waals surface area (Å²) >= 11 is 3.12. The molecule has 0 fully saturated rings. The Morgan fingerprint density at radius 1 is 1.33 bits per heavy atom. The molecule has 1 rings (SSSR count). The van der Waals surface area contributed by atoms with Crippen LogP contribution in [0, 0.1) is 0 Å². The highest BCUT2D eigenvalue weighted by atomic mass is 79.9. The van der Waals surface area contributed by atoms with Crippen LogP contribution in [0.25, 0.3) is 0 Å². The molecule has 0 saturated heterocycles. The Morgan fingerprint density at radius 3 is 2.44 bits per heavy atom. The summed E-state index contributed by atoms with van der Waals surface area (Å²) in [6, 6.07) is 4.06. The van der Waals surface area contributed by atoms with Crippen molar-refractivity contribution < 1.29 is 29.6 Å². The highest BCUT2D eigenvalue weighted by Crippen LogP contribution is 2.25. The Hall–Kier alpha value is -1.44. The van der Waals surface area contributed by atoms with Crippen LogP contribution in [0.4, 0.5) is 0 Å². The van der Waals surface area contributed by atoms with Gasteiger partial charge in [0.05, 0.1) is 12.7 Å². The fourth-order valence-corrected chi connectivity index (χ4v) is 1.77. The molecule has 7 heteroatoms. The number of carboxylic acids is 1. The third-order valence-electron chi connectivity index (χ3n) is 2.30. The molecule has 0 bridgehead atoms. The second-order valence-corrected chi connectivity index (χ2v) is 4.37. The topological polar surface area (TPSA) is 104 Å². The molecular formula is C11H11BrO6. The lowest BCUT2D eigenvalue weighted by molar-refractivity contribution is -0.156. The van der Waals surface area contributed by atoms with Crippen LogP contribution in [0.1, 0.15) is 22.0 Å². The highest BCUT2D eigenvalue weighted by molar-refractivity contribution is 9.10. The minimum atomic E-state index is -1.85. The van der Waals surface area contributed by atoms with Gasteiger partial charge in [0.25, 0.3) is 0 Å². The van der Waals surface area contributed by atoms with Crippen molar-refractivity contribution in [2.75, 3.05) is 7.11 Å². The van der Waals surface area contributed by atoms with Gasteiger partial charge in [0.15, 0.2) is 6.10 Å². The lowest BCUT2D eigenvalue weighted by Gasteiger charge is -2.18. The molecule has 2 atom stereocenters. The second-order valence-electron chi connectivity index (χ2n) is 3.45. The van der Waals surface area contributed by atoms with Crippen LogP contribution < -0.4 is 0 Å².